The van der Waals surface area contributed by atoms with E-state index in [0.29, 0.717) is 6.42 Å². The highest BCUT2D eigenvalue weighted by molar-refractivity contribution is 5.17. The van der Waals surface area contributed by atoms with Crippen LogP contribution in [0.4, 0.5) is 0 Å². The van der Waals surface area contributed by atoms with Crippen LogP contribution < -0.4 is 5.73 Å². The number of pyridine rings is 1. The predicted molar refractivity (Wildman–Crippen MR) is 72.3 cm³/mol. The van der Waals surface area contributed by atoms with Crippen LogP contribution in [-0.4, -0.2) is 4.98 Å². The molecule has 2 N–H and O–H groups in total. The van der Waals surface area contributed by atoms with E-state index in [1.807, 2.05) is 24.4 Å². The standard InChI is InChI=1S/C15H20N2O/c1-3-11-5-6-12(17-10-11)9-14(16)15-8-7-13(4-2)18-15/h5-8,10,14H,3-4,9,16H2,1-2H3. The molecular formula is C15H20N2O. The summed E-state index contributed by atoms with van der Waals surface area (Å²) in [6, 6.07) is 7.98. The van der Waals surface area contributed by atoms with Crippen molar-refractivity contribution in [3.63, 3.8) is 0 Å². The van der Waals surface area contributed by atoms with E-state index in [9.17, 15) is 0 Å². The molecule has 2 rings (SSSR count). The molecule has 0 bridgehead atoms. The molecule has 1 unspecified atom stereocenters. The van der Waals surface area contributed by atoms with Gasteiger partial charge in [0.2, 0.25) is 0 Å². The van der Waals surface area contributed by atoms with Crippen molar-refractivity contribution in [3.05, 3.63) is 53.2 Å². The lowest BCUT2D eigenvalue weighted by Gasteiger charge is -2.08. The molecule has 0 aliphatic heterocycles. The maximum Gasteiger partial charge on any atom is 0.121 e. The number of nitrogens with two attached hydrogens (primary N) is 1. The Kier molecular flexibility index (Phi) is 4.15. The molecule has 0 spiro atoms. The van der Waals surface area contributed by atoms with E-state index in [0.717, 1.165) is 30.1 Å². The first-order valence-electron chi connectivity index (χ1n) is 6.51. The van der Waals surface area contributed by atoms with Crippen LogP contribution >= 0.6 is 0 Å². The normalized spacial score (nSPS) is 12.6. The summed E-state index contributed by atoms with van der Waals surface area (Å²) in [6.45, 7) is 4.19. The van der Waals surface area contributed by atoms with Gasteiger partial charge < -0.3 is 10.2 Å². The highest BCUT2D eigenvalue weighted by Gasteiger charge is 2.12. The number of aryl methyl sites for hydroxylation is 2. The van der Waals surface area contributed by atoms with E-state index in [2.05, 4.69) is 24.9 Å². The van der Waals surface area contributed by atoms with Crippen LogP contribution in [-0.2, 0) is 19.3 Å². The summed E-state index contributed by atoms with van der Waals surface area (Å²) in [7, 11) is 0. The van der Waals surface area contributed by atoms with Gasteiger partial charge in [0, 0.05) is 24.7 Å². The first kappa shape index (κ1) is 12.8. The number of hydrogen-bond acceptors (Lipinski definition) is 3. The van der Waals surface area contributed by atoms with Crippen molar-refractivity contribution in [1.82, 2.24) is 4.98 Å². The zero-order valence-corrected chi connectivity index (χ0v) is 11.0. The fraction of sp³-hybridized carbons (Fsp3) is 0.400. The van der Waals surface area contributed by atoms with E-state index in [1.54, 1.807) is 0 Å². The molecule has 2 aromatic rings. The van der Waals surface area contributed by atoms with Crippen LogP contribution in [0, 0.1) is 0 Å². The molecule has 2 aromatic heterocycles. The summed E-state index contributed by atoms with van der Waals surface area (Å²) in [5.41, 5.74) is 8.39. The van der Waals surface area contributed by atoms with E-state index >= 15 is 0 Å². The summed E-state index contributed by atoms with van der Waals surface area (Å²) >= 11 is 0. The molecule has 0 aliphatic carbocycles. The average Bonchev–Trinajstić information content (AvgIpc) is 2.88. The minimum atomic E-state index is -0.120. The van der Waals surface area contributed by atoms with Gasteiger partial charge in [0.15, 0.2) is 0 Å². The van der Waals surface area contributed by atoms with Crippen LogP contribution in [0.25, 0.3) is 0 Å². The van der Waals surface area contributed by atoms with Crippen molar-refractivity contribution in [2.45, 2.75) is 39.2 Å². The molecular weight excluding hydrogens is 224 g/mol. The van der Waals surface area contributed by atoms with Gasteiger partial charge in [0.25, 0.3) is 0 Å². The quantitative estimate of drug-likeness (QED) is 0.879. The maximum atomic E-state index is 6.13. The van der Waals surface area contributed by atoms with Crippen LogP contribution in [0.3, 0.4) is 0 Å². The second-order valence-electron chi connectivity index (χ2n) is 4.48. The van der Waals surface area contributed by atoms with E-state index in [-0.39, 0.29) is 6.04 Å². The number of furan rings is 1. The topological polar surface area (TPSA) is 52.0 Å². The van der Waals surface area contributed by atoms with Crippen molar-refractivity contribution in [3.8, 4) is 0 Å². The summed E-state index contributed by atoms with van der Waals surface area (Å²) in [4.78, 5) is 4.42. The van der Waals surface area contributed by atoms with Crippen molar-refractivity contribution < 1.29 is 4.42 Å². The Morgan fingerprint density at radius 1 is 1.17 bits per heavy atom. The Morgan fingerprint density at radius 2 is 2.00 bits per heavy atom. The van der Waals surface area contributed by atoms with Crippen molar-refractivity contribution in [1.29, 1.82) is 0 Å². The minimum Gasteiger partial charge on any atom is -0.464 e. The van der Waals surface area contributed by atoms with Crippen molar-refractivity contribution in [2.24, 2.45) is 5.73 Å². The fourth-order valence-electron chi connectivity index (χ4n) is 1.89. The Labute approximate surface area is 108 Å². The highest BCUT2D eigenvalue weighted by atomic mass is 16.3. The summed E-state index contributed by atoms with van der Waals surface area (Å²) < 4.78 is 5.66. The van der Waals surface area contributed by atoms with Gasteiger partial charge in [-0.2, -0.15) is 0 Å². The molecule has 1 atom stereocenters. The summed E-state index contributed by atoms with van der Waals surface area (Å²) in [5.74, 6) is 1.82. The number of nitrogens with zero attached hydrogens (tertiary/aromatic N) is 1. The summed E-state index contributed by atoms with van der Waals surface area (Å²) in [5, 5.41) is 0. The Morgan fingerprint density at radius 3 is 2.56 bits per heavy atom. The Hall–Kier alpha value is -1.61. The lowest BCUT2D eigenvalue weighted by molar-refractivity contribution is 0.433. The molecule has 0 saturated heterocycles. The molecule has 96 valence electrons. The van der Waals surface area contributed by atoms with Gasteiger partial charge in [-0.15, -0.1) is 0 Å². The molecule has 0 fully saturated rings. The van der Waals surface area contributed by atoms with Gasteiger partial charge in [0.1, 0.15) is 11.5 Å². The smallest absolute Gasteiger partial charge is 0.121 e. The minimum absolute atomic E-state index is 0.120. The third-order valence-corrected chi connectivity index (χ3v) is 3.12. The Bertz CT molecular complexity index is 487. The van der Waals surface area contributed by atoms with Gasteiger partial charge in [0.05, 0.1) is 6.04 Å². The molecule has 2 heterocycles. The number of aromatic nitrogens is 1. The van der Waals surface area contributed by atoms with Crippen molar-refractivity contribution in [2.75, 3.05) is 0 Å². The zero-order valence-electron chi connectivity index (χ0n) is 11.0. The van der Waals surface area contributed by atoms with Crippen LogP contribution in [0.1, 0.15) is 42.7 Å². The zero-order chi connectivity index (χ0) is 13.0. The number of rotatable bonds is 5. The first-order valence-corrected chi connectivity index (χ1v) is 6.51. The Balaban J connectivity index is 2.03. The second kappa shape index (κ2) is 5.83. The molecule has 0 amide bonds. The molecule has 0 radical (unpaired) electrons. The lowest BCUT2D eigenvalue weighted by atomic mass is 10.1. The molecule has 0 aromatic carbocycles. The maximum absolute atomic E-state index is 6.13. The third kappa shape index (κ3) is 2.99. The van der Waals surface area contributed by atoms with Gasteiger partial charge in [-0.1, -0.05) is 19.9 Å². The monoisotopic (exact) mass is 244 g/mol. The molecule has 0 aliphatic rings. The number of hydrogen-bond donors (Lipinski definition) is 1. The van der Waals surface area contributed by atoms with Gasteiger partial charge in [-0.05, 0) is 30.2 Å². The van der Waals surface area contributed by atoms with Gasteiger partial charge in [-0.25, -0.2) is 0 Å². The molecule has 18 heavy (non-hydrogen) atoms. The highest BCUT2D eigenvalue weighted by Crippen LogP contribution is 2.18. The van der Waals surface area contributed by atoms with Gasteiger partial charge >= 0.3 is 0 Å². The SMILES string of the molecule is CCc1ccc(CC(N)c2ccc(CC)o2)nc1. The lowest BCUT2D eigenvalue weighted by Crippen LogP contribution is -2.13. The van der Waals surface area contributed by atoms with E-state index in [1.165, 1.54) is 5.56 Å². The van der Waals surface area contributed by atoms with Gasteiger partial charge in [-0.3, -0.25) is 4.98 Å². The van der Waals surface area contributed by atoms with Crippen LogP contribution in [0.15, 0.2) is 34.9 Å². The van der Waals surface area contributed by atoms with Crippen molar-refractivity contribution >= 4 is 0 Å². The average molecular weight is 244 g/mol. The second-order valence-corrected chi connectivity index (χ2v) is 4.48. The fourth-order valence-corrected chi connectivity index (χ4v) is 1.89. The van der Waals surface area contributed by atoms with Crippen LogP contribution in [0.2, 0.25) is 0 Å². The first-order chi connectivity index (χ1) is 8.72. The summed E-state index contributed by atoms with van der Waals surface area (Å²) in [6.07, 6.45) is 4.54. The molecule has 3 nitrogen and oxygen atoms in total. The third-order valence-electron chi connectivity index (χ3n) is 3.12. The predicted octanol–water partition coefficient (Wildman–Crippen LogP) is 3.04. The largest absolute Gasteiger partial charge is 0.464 e. The molecule has 3 heteroatoms. The van der Waals surface area contributed by atoms with E-state index < -0.39 is 0 Å². The molecule has 0 saturated carbocycles. The van der Waals surface area contributed by atoms with Crippen LogP contribution in [0.5, 0.6) is 0 Å². The van der Waals surface area contributed by atoms with E-state index in [4.69, 9.17) is 10.2 Å².